The molecule has 0 unspecified atom stereocenters. The number of rotatable bonds is 6. The van der Waals surface area contributed by atoms with Gasteiger partial charge < -0.3 is 10.6 Å². The number of pyridine rings is 1. The lowest BCUT2D eigenvalue weighted by atomic mass is 10.1. The highest BCUT2D eigenvalue weighted by Crippen LogP contribution is 2.34. The third-order valence-corrected chi connectivity index (χ3v) is 6.00. The summed E-state index contributed by atoms with van der Waals surface area (Å²) in [6, 6.07) is 13.4. The first kappa shape index (κ1) is 19.5. The fraction of sp³-hybridized carbons (Fsp3) is 0.100. The molecule has 0 radical (unpaired) electrons. The van der Waals surface area contributed by atoms with E-state index in [0.29, 0.717) is 16.0 Å². The van der Waals surface area contributed by atoms with Crippen LogP contribution < -0.4 is 10.6 Å². The number of halogens is 1. The Hall–Kier alpha value is -2.81. The van der Waals surface area contributed by atoms with E-state index in [1.54, 1.807) is 17.5 Å². The number of hydrogen-bond donors (Lipinski definition) is 2. The molecule has 0 fully saturated rings. The van der Waals surface area contributed by atoms with Gasteiger partial charge in [0.15, 0.2) is 5.01 Å². The number of benzene rings is 1. The van der Waals surface area contributed by atoms with E-state index in [-0.39, 0.29) is 5.91 Å². The molecule has 0 bridgehead atoms. The average molecular weight is 442 g/mol. The van der Waals surface area contributed by atoms with Crippen LogP contribution in [0.1, 0.15) is 17.4 Å². The normalized spacial score (nSPS) is 10.7. The summed E-state index contributed by atoms with van der Waals surface area (Å²) in [6.45, 7) is 1.47. The predicted molar refractivity (Wildman–Crippen MR) is 119 cm³/mol. The lowest BCUT2D eigenvalue weighted by Gasteiger charge is -2.05. The summed E-state index contributed by atoms with van der Waals surface area (Å²) < 4.78 is 0. The summed E-state index contributed by atoms with van der Waals surface area (Å²) >= 11 is 9.19. The maximum atomic E-state index is 11.3. The monoisotopic (exact) mass is 441 g/mol. The Morgan fingerprint density at radius 1 is 1.17 bits per heavy atom. The van der Waals surface area contributed by atoms with E-state index >= 15 is 0 Å². The SMILES string of the molecule is CC(=O)Nc1cc(Cc2sccc2-c2nnc(Nc3cccc(Cl)c3)s2)ccn1. The number of aromatic nitrogens is 3. The standard InChI is InChI=1S/C20H16ClN5OS2/c1-12(27)23-18-10-13(5-7-22-18)9-17-16(6-8-28-17)19-25-26-20(29-19)24-15-4-2-3-14(21)11-15/h2-8,10-11H,9H2,1H3,(H,24,26)(H,22,23,27). The Labute approximate surface area is 180 Å². The van der Waals surface area contributed by atoms with Crippen LogP contribution in [0.5, 0.6) is 0 Å². The van der Waals surface area contributed by atoms with Crippen molar-refractivity contribution in [2.45, 2.75) is 13.3 Å². The second-order valence-electron chi connectivity index (χ2n) is 6.21. The lowest BCUT2D eigenvalue weighted by Crippen LogP contribution is -2.07. The van der Waals surface area contributed by atoms with Crippen molar-refractivity contribution in [1.82, 2.24) is 15.2 Å². The topological polar surface area (TPSA) is 79.8 Å². The number of nitrogens with one attached hydrogen (secondary N) is 2. The minimum absolute atomic E-state index is 0.139. The van der Waals surface area contributed by atoms with Crippen LogP contribution in [-0.2, 0) is 11.2 Å². The van der Waals surface area contributed by atoms with Gasteiger partial charge in [-0.2, -0.15) is 0 Å². The molecule has 0 saturated carbocycles. The van der Waals surface area contributed by atoms with Crippen LogP contribution in [0, 0.1) is 0 Å². The first-order valence-corrected chi connectivity index (χ1v) is 10.8. The molecule has 1 aromatic carbocycles. The van der Waals surface area contributed by atoms with Crippen molar-refractivity contribution >= 4 is 56.8 Å². The summed E-state index contributed by atoms with van der Waals surface area (Å²) in [5.74, 6) is 0.414. The number of carbonyl (C=O) groups excluding carboxylic acids is 1. The summed E-state index contributed by atoms with van der Waals surface area (Å²) in [6.07, 6.45) is 2.42. The summed E-state index contributed by atoms with van der Waals surface area (Å²) in [5, 5.41) is 18.8. The van der Waals surface area contributed by atoms with Gasteiger partial charge in [-0.3, -0.25) is 4.79 Å². The first-order valence-electron chi connectivity index (χ1n) is 8.72. The van der Waals surface area contributed by atoms with E-state index in [4.69, 9.17) is 11.6 Å². The van der Waals surface area contributed by atoms with Gasteiger partial charge in [-0.15, -0.1) is 21.5 Å². The largest absolute Gasteiger partial charge is 0.330 e. The van der Waals surface area contributed by atoms with Crippen molar-refractivity contribution in [3.05, 3.63) is 69.5 Å². The molecule has 3 aromatic heterocycles. The molecule has 0 aliphatic heterocycles. The Balaban J connectivity index is 1.53. The number of anilines is 3. The highest BCUT2D eigenvalue weighted by molar-refractivity contribution is 7.19. The fourth-order valence-electron chi connectivity index (χ4n) is 2.76. The zero-order valence-electron chi connectivity index (χ0n) is 15.3. The molecular weight excluding hydrogens is 426 g/mol. The molecule has 2 N–H and O–H groups in total. The van der Waals surface area contributed by atoms with E-state index < -0.39 is 0 Å². The Morgan fingerprint density at radius 3 is 2.90 bits per heavy atom. The third-order valence-electron chi connectivity index (χ3n) is 3.97. The van der Waals surface area contributed by atoms with Gasteiger partial charge in [0.05, 0.1) is 0 Å². The first-order chi connectivity index (χ1) is 14.1. The molecule has 29 heavy (non-hydrogen) atoms. The van der Waals surface area contributed by atoms with E-state index in [1.807, 2.05) is 41.8 Å². The number of nitrogens with zero attached hydrogens (tertiary/aromatic N) is 3. The van der Waals surface area contributed by atoms with Crippen LogP contribution in [0.3, 0.4) is 0 Å². The molecule has 0 atom stereocenters. The highest BCUT2D eigenvalue weighted by atomic mass is 35.5. The third kappa shape index (κ3) is 4.97. The van der Waals surface area contributed by atoms with Crippen LogP contribution in [0.4, 0.5) is 16.6 Å². The van der Waals surface area contributed by atoms with E-state index in [9.17, 15) is 4.79 Å². The Morgan fingerprint density at radius 2 is 2.07 bits per heavy atom. The van der Waals surface area contributed by atoms with Gasteiger partial charge in [0.25, 0.3) is 0 Å². The maximum Gasteiger partial charge on any atom is 0.222 e. The smallest absolute Gasteiger partial charge is 0.222 e. The van der Waals surface area contributed by atoms with Crippen molar-refractivity contribution in [3.8, 4) is 10.6 Å². The summed E-state index contributed by atoms with van der Waals surface area (Å²) in [4.78, 5) is 16.6. The van der Waals surface area contributed by atoms with Crippen molar-refractivity contribution in [3.63, 3.8) is 0 Å². The van der Waals surface area contributed by atoms with Gasteiger partial charge >= 0.3 is 0 Å². The Bertz CT molecular complexity index is 1160. The summed E-state index contributed by atoms with van der Waals surface area (Å²) in [5.41, 5.74) is 2.99. The Kier molecular flexibility index (Phi) is 5.84. The highest BCUT2D eigenvalue weighted by Gasteiger charge is 2.14. The minimum Gasteiger partial charge on any atom is -0.330 e. The van der Waals surface area contributed by atoms with Crippen LogP contribution >= 0.6 is 34.3 Å². The quantitative estimate of drug-likeness (QED) is 0.406. The molecule has 3 heterocycles. The van der Waals surface area contributed by atoms with Gasteiger partial charge in [0, 0.05) is 40.7 Å². The molecule has 0 aliphatic rings. The number of carbonyl (C=O) groups is 1. The lowest BCUT2D eigenvalue weighted by molar-refractivity contribution is -0.114. The molecule has 0 aliphatic carbocycles. The zero-order chi connectivity index (χ0) is 20.2. The molecule has 6 nitrogen and oxygen atoms in total. The number of thiophene rings is 1. The second kappa shape index (κ2) is 8.69. The van der Waals surface area contributed by atoms with Crippen LogP contribution in [0.2, 0.25) is 5.02 Å². The van der Waals surface area contributed by atoms with Crippen LogP contribution in [0.15, 0.2) is 54.0 Å². The minimum atomic E-state index is -0.139. The van der Waals surface area contributed by atoms with Crippen molar-refractivity contribution < 1.29 is 4.79 Å². The van der Waals surface area contributed by atoms with Gasteiger partial charge in [-0.05, 0) is 47.3 Å². The van der Waals surface area contributed by atoms with Crippen molar-refractivity contribution in [2.75, 3.05) is 10.6 Å². The second-order valence-corrected chi connectivity index (χ2v) is 8.63. The molecule has 0 saturated heterocycles. The molecule has 0 spiro atoms. The van der Waals surface area contributed by atoms with Crippen LogP contribution in [-0.4, -0.2) is 21.1 Å². The number of hydrogen-bond acceptors (Lipinski definition) is 7. The number of amides is 1. The molecule has 4 rings (SSSR count). The average Bonchev–Trinajstić information content (AvgIpc) is 3.31. The molecule has 4 aromatic rings. The maximum absolute atomic E-state index is 11.3. The van der Waals surface area contributed by atoms with Gasteiger partial charge in [-0.25, -0.2) is 4.98 Å². The van der Waals surface area contributed by atoms with E-state index in [1.165, 1.54) is 23.1 Å². The predicted octanol–water partition coefficient (Wildman–Crippen LogP) is 5.61. The molecule has 146 valence electrons. The van der Waals surface area contributed by atoms with Gasteiger partial charge in [0.1, 0.15) is 5.82 Å². The molecule has 1 amide bonds. The van der Waals surface area contributed by atoms with E-state index in [2.05, 4.69) is 31.9 Å². The summed E-state index contributed by atoms with van der Waals surface area (Å²) in [7, 11) is 0. The van der Waals surface area contributed by atoms with Gasteiger partial charge in [0.2, 0.25) is 11.0 Å². The molecular formula is C20H16ClN5OS2. The van der Waals surface area contributed by atoms with Gasteiger partial charge in [-0.1, -0.05) is 29.0 Å². The van der Waals surface area contributed by atoms with Crippen LogP contribution in [0.25, 0.3) is 10.6 Å². The van der Waals surface area contributed by atoms with Crippen molar-refractivity contribution in [2.24, 2.45) is 0 Å². The zero-order valence-corrected chi connectivity index (χ0v) is 17.7. The molecule has 9 heteroatoms. The fourth-order valence-corrected chi connectivity index (χ4v) is 4.74. The van der Waals surface area contributed by atoms with Crippen molar-refractivity contribution in [1.29, 1.82) is 0 Å². The van der Waals surface area contributed by atoms with E-state index in [0.717, 1.165) is 28.2 Å².